The SMILES string of the molecule is COc1cc2c(cc1S(=O)(=O)N1CCOCC1)-c1c(nc(N)nc1Nc1cc(OC)c(OC)c(OC)c1)CC2. The first-order chi connectivity index (χ1) is 18.8. The second-order valence-corrected chi connectivity index (χ2v) is 10.9. The average Bonchev–Trinajstić information content (AvgIpc) is 2.95. The Morgan fingerprint density at radius 1 is 0.897 bits per heavy atom. The molecule has 0 unspecified atom stereocenters. The van der Waals surface area contributed by atoms with E-state index in [-0.39, 0.29) is 23.9 Å². The largest absolute Gasteiger partial charge is 0.495 e. The number of aromatic nitrogens is 2. The lowest BCUT2D eigenvalue weighted by Gasteiger charge is -2.28. The van der Waals surface area contributed by atoms with Crippen LogP contribution in [0.3, 0.4) is 0 Å². The van der Waals surface area contributed by atoms with Gasteiger partial charge in [-0.3, -0.25) is 0 Å². The van der Waals surface area contributed by atoms with Crippen molar-refractivity contribution in [3.05, 3.63) is 35.5 Å². The molecule has 2 aromatic carbocycles. The summed E-state index contributed by atoms with van der Waals surface area (Å²) in [5, 5.41) is 3.31. The third-order valence-electron chi connectivity index (χ3n) is 6.81. The monoisotopic (exact) mass is 557 g/mol. The quantitative estimate of drug-likeness (QED) is 0.421. The maximum absolute atomic E-state index is 13.7. The zero-order chi connectivity index (χ0) is 27.7. The van der Waals surface area contributed by atoms with E-state index in [1.54, 1.807) is 24.3 Å². The molecular weight excluding hydrogens is 526 g/mol. The lowest BCUT2D eigenvalue weighted by molar-refractivity contribution is 0.0729. The van der Waals surface area contributed by atoms with Crippen molar-refractivity contribution in [1.82, 2.24) is 14.3 Å². The molecule has 0 spiro atoms. The van der Waals surface area contributed by atoms with E-state index in [9.17, 15) is 8.42 Å². The van der Waals surface area contributed by atoms with Crippen molar-refractivity contribution in [1.29, 1.82) is 0 Å². The van der Waals surface area contributed by atoms with Crippen LogP contribution in [0.25, 0.3) is 11.1 Å². The Morgan fingerprint density at radius 3 is 2.18 bits per heavy atom. The maximum Gasteiger partial charge on any atom is 0.246 e. The van der Waals surface area contributed by atoms with Gasteiger partial charge in [0, 0.05) is 36.5 Å². The van der Waals surface area contributed by atoms with Crippen molar-refractivity contribution < 1.29 is 32.1 Å². The minimum absolute atomic E-state index is 0.0778. The van der Waals surface area contributed by atoms with Crippen LogP contribution < -0.4 is 30.0 Å². The van der Waals surface area contributed by atoms with Gasteiger partial charge in [-0.25, -0.2) is 13.4 Å². The Labute approximate surface area is 227 Å². The van der Waals surface area contributed by atoms with Crippen LogP contribution >= 0.6 is 0 Å². The van der Waals surface area contributed by atoms with Gasteiger partial charge in [-0.1, -0.05) is 0 Å². The predicted molar refractivity (Wildman–Crippen MR) is 145 cm³/mol. The van der Waals surface area contributed by atoms with E-state index < -0.39 is 10.0 Å². The number of benzene rings is 2. The molecule has 0 amide bonds. The Bertz CT molecular complexity index is 1480. The van der Waals surface area contributed by atoms with Crippen LogP contribution in [0.5, 0.6) is 23.0 Å². The highest BCUT2D eigenvalue weighted by molar-refractivity contribution is 7.89. The second kappa shape index (κ2) is 10.8. The average molecular weight is 558 g/mol. The molecule has 1 aliphatic carbocycles. The molecule has 1 fully saturated rings. The van der Waals surface area contributed by atoms with Gasteiger partial charge in [-0.15, -0.1) is 0 Å². The van der Waals surface area contributed by atoms with Gasteiger partial charge >= 0.3 is 0 Å². The summed E-state index contributed by atoms with van der Waals surface area (Å²) < 4.78 is 56.1. The van der Waals surface area contributed by atoms with Gasteiger partial charge in [-0.2, -0.15) is 9.29 Å². The Balaban J connectivity index is 1.65. The molecule has 2 aliphatic rings. The zero-order valence-electron chi connectivity index (χ0n) is 22.2. The summed E-state index contributed by atoms with van der Waals surface area (Å²) in [6, 6.07) is 6.93. The molecule has 0 radical (unpaired) electrons. The molecule has 208 valence electrons. The number of nitrogens with one attached hydrogen (secondary N) is 1. The van der Waals surface area contributed by atoms with Crippen molar-refractivity contribution in [2.75, 3.05) is 65.8 Å². The van der Waals surface area contributed by atoms with Gasteiger partial charge in [0.05, 0.1) is 47.3 Å². The Morgan fingerprint density at radius 2 is 1.56 bits per heavy atom. The standard InChI is InChI=1S/C26H31N5O7S/c1-34-19-11-15-5-6-18-23(17(15)14-22(19)39(32,33)31-7-9-38-10-8-31)25(30-26(27)29-18)28-16-12-20(35-2)24(37-4)21(13-16)36-3/h11-14H,5-10H2,1-4H3,(H3,27,28,29,30). The number of hydrogen-bond donors (Lipinski definition) is 2. The molecule has 12 nitrogen and oxygen atoms in total. The number of nitrogens with two attached hydrogens (primary N) is 1. The smallest absolute Gasteiger partial charge is 0.246 e. The van der Waals surface area contributed by atoms with Crippen molar-refractivity contribution in [2.45, 2.75) is 17.7 Å². The molecule has 3 N–H and O–H groups in total. The van der Waals surface area contributed by atoms with Gasteiger partial charge < -0.3 is 34.7 Å². The fourth-order valence-electron chi connectivity index (χ4n) is 4.95. The van der Waals surface area contributed by atoms with Crippen LogP contribution in [0, 0.1) is 0 Å². The number of morpholine rings is 1. The van der Waals surface area contributed by atoms with Crippen LogP contribution in [0.15, 0.2) is 29.2 Å². The first-order valence-corrected chi connectivity index (χ1v) is 13.8. The van der Waals surface area contributed by atoms with E-state index >= 15 is 0 Å². The molecule has 39 heavy (non-hydrogen) atoms. The number of sulfonamides is 1. The van der Waals surface area contributed by atoms with E-state index in [4.69, 9.17) is 29.4 Å². The number of nitrogen functional groups attached to an aromatic ring is 1. The molecule has 0 bridgehead atoms. The molecule has 1 saturated heterocycles. The van der Waals surface area contributed by atoms with Crippen LogP contribution in [0.2, 0.25) is 0 Å². The molecule has 2 heterocycles. The van der Waals surface area contributed by atoms with Gasteiger partial charge in [0.15, 0.2) is 11.5 Å². The summed E-state index contributed by atoms with van der Waals surface area (Å²) in [7, 11) is 2.22. The highest BCUT2D eigenvalue weighted by Gasteiger charge is 2.33. The number of fused-ring (bicyclic) bond motifs is 3. The topological polar surface area (TPSA) is 147 Å². The number of methoxy groups -OCH3 is 4. The number of rotatable bonds is 8. The van der Waals surface area contributed by atoms with E-state index in [2.05, 4.69) is 15.3 Å². The van der Waals surface area contributed by atoms with Crippen molar-refractivity contribution >= 4 is 27.5 Å². The van der Waals surface area contributed by atoms with Crippen molar-refractivity contribution in [3.8, 4) is 34.1 Å². The number of aryl methyl sites for hydroxylation is 2. The van der Waals surface area contributed by atoms with Crippen LogP contribution in [-0.2, 0) is 27.6 Å². The highest BCUT2D eigenvalue weighted by Crippen LogP contribution is 2.45. The molecular formula is C26H31N5O7S. The second-order valence-electron chi connectivity index (χ2n) is 8.97. The summed E-state index contributed by atoms with van der Waals surface area (Å²) >= 11 is 0. The van der Waals surface area contributed by atoms with Crippen molar-refractivity contribution in [2.24, 2.45) is 0 Å². The molecule has 1 aliphatic heterocycles. The molecule has 1 aromatic heterocycles. The van der Waals surface area contributed by atoms with Gasteiger partial charge in [0.1, 0.15) is 16.5 Å². The third kappa shape index (κ3) is 4.88. The van der Waals surface area contributed by atoms with Crippen LogP contribution in [-0.4, -0.2) is 77.4 Å². The number of ether oxygens (including phenoxy) is 5. The lowest BCUT2D eigenvalue weighted by Crippen LogP contribution is -2.40. The normalized spacial score (nSPS) is 15.2. The minimum atomic E-state index is -3.85. The first-order valence-electron chi connectivity index (χ1n) is 12.3. The number of nitrogens with zero attached hydrogens (tertiary/aromatic N) is 3. The van der Waals surface area contributed by atoms with Crippen LogP contribution in [0.1, 0.15) is 11.3 Å². The van der Waals surface area contributed by atoms with E-state index in [0.29, 0.717) is 77.4 Å². The summed E-state index contributed by atoms with van der Waals surface area (Å²) in [5.74, 6) is 2.18. The summed E-state index contributed by atoms with van der Waals surface area (Å²) in [6.45, 7) is 1.22. The van der Waals surface area contributed by atoms with Gasteiger partial charge in [0.2, 0.25) is 21.7 Å². The zero-order valence-corrected chi connectivity index (χ0v) is 23.1. The Hall–Kier alpha value is -3.81. The molecule has 3 aromatic rings. The predicted octanol–water partition coefficient (Wildman–Crippen LogP) is 2.62. The number of hydrogen-bond acceptors (Lipinski definition) is 11. The highest BCUT2D eigenvalue weighted by atomic mass is 32.2. The van der Waals surface area contributed by atoms with E-state index in [1.165, 1.54) is 32.7 Å². The summed E-state index contributed by atoms with van der Waals surface area (Å²) in [6.07, 6.45) is 1.23. The molecule has 5 rings (SSSR count). The molecule has 0 saturated carbocycles. The number of anilines is 3. The summed E-state index contributed by atoms with van der Waals surface area (Å²) in [4.78, 5) is 9.05. The fraction of sp³-hybridized carbons (Fsp3) is 0.385. The van der Waals surface area contributed by atoms with Gasteiger partial charge in [-0.05, 0) is 36.1 Å². The van der Waals surface area contributed by atoms with Crippen molar-refractivity contribution in [3.63, 3.8) is 0 Å². The molecule has 0 atom stereocenters. The Kier molecular flexibility index (Phi) is 7.38. The third-order valence-corrected chi connectivity index (χ3v) is 8.73. The molecule has 13 heteroatoms. The summed E-state index contributed by atoms with van der Waals surface area (Å²) in [5.41, 5.74) is 9.68. The van der Waals surface area contributed by atoms with Gasteiger partial charge in [0.25, 0.3) is 0 Å². The minimum Gasteiger partial charge on any atom is -0.495 e. The van der Waals surface area contributed by atoms with E-state index in [0.717, 1.165) is 5.56 Å². The lowest BCUT2D eigenvalue weighted by atomic mass is 9.88. The van der Waals surface area contributed by atoms with Crippen LogP contribution in [0.4, 0.5) is 17.5 Å². The maximum atomic E-state index is 13.7. The first kappa shape index (κ1) is 26.8. The fourth-order valence-corrected chi connectivity index (χ4v) is 6.52. The van der Waals surface area contributed by atoms with E-state index in [1.807, 2.05) is 0 Å².